The summed E-state index contributed by atoms with van der Waals surface area (Å²) in [5.74, 6) is 0.251. The summed E-state index contributed by atoms with van der Waals surface area (Å²) < 4.78 is 26.1. The number of hydrogen-bond donors (Lipinski definition) is 0. The number of likely N-dealkylation sites (tertiary alicyclic amines) is 1. The number of rotatable bonds is 5. The Kier molecular flexibility index (Phi) is 6.03. The lowest BCUT2D eigenvalue weighted by Gasteiger charge is -2.42. The Hall–Kier alpha value is -2.87. The molecule has 0 bridgehead atoms. The minimum absolute atomic E-state index is 0.0276. The van der Waals surface area contributed by atoms with Gasteiger partial charge in [-0.3, -0.25) is 9.59 Å². The molecular weight excluding hydrogens is 389 g/mol. The Labute approximate surface area is 175 Å². The zero-order chi connectivity index (χ0) is 21.1. The molecule has 1 atom stereocenters. The molecule has 30 heavy (non-hydrogen) atoms. The van der Waals surface area contributed by atoms with Crippen molar-refractivity contribution < 1.29 is 23.5 Å². The van der Waals surface area contributed by atoms with Crippen LogP contribution < -0.4 is 4.74 Å². The third kappa shape index (κ3) is 4.48. The SMILES string of the molecule is Cn1cccc1C(=O)N1CCC(N2CC(COc3ccc(F)cc3)OCC2=O)CC1. The number of nitrogens with zero attached hydrogens (tertiary/aromatic N) is 3. The van der Waals surface area contributed by atoms with Gasteiger partial charge in [0.25, 0.3) is 5.91 Å². The summed E-state index contributed by atoms with van der Waals surface area (Å²) in [5, 5.41) is 0. The van der Waals surface area contributed by atoms with E-state index in [1.54, 1.807) is 12.1 Å². The Morgan fingerprint density at radius 2 is 1.93 bits per heavy atom. The summed E-state index contributed by atoms with van der Waals surface area (Å²) in [6, 6.07) is 9.61. The van der Waals surface area contributed by atoms with Crippen molar-refractivity contribution in [2.24, 2.45) is 7.05 Å². The number of amides is 2. The average molecular weight is 415 g/mol. The highest BCUT2D eigenvalue weighted by atomic mass is 19.1. The highest BCUT2D eigenvalue weighted by Crippen LogP contribution is 2.22. The highest BCUT2D eigenvalue weighted by molar-refractivity contribution is 5.92. The summed E-state index contributed by atoms with van der Waals surface area (Å²) in [6.45, 7) is 2.02. The number of piperidine rings is 1. The first-order valence-electron chi connectivity index (χ1n) is 10.2. The second-order valence-electron chi connectivity index (χ2n) is 7.77. The van der Waals surface area contributed by atoms with Gasteiger partial charge in [0, 0.05) is 32.4 Å². The number of carbonyl (C=O) groups is 2. The third-order valence-corrected chi connectivity index (χ3v) is 5.77. The minimum atomic E-state index is -0.315. The Balaban J connectivity index is 1.30. The fraction of sp³-hybridized carbons (Fsp3) is 0.455. The van der Waals surface area contributed by atoms with Crippen molar-refractivity contribution in [3.8, 4) is 5.75 Å². The van der Waals surface area contributed by atoms with Crippen molar-refractivity contribution in [3.63, 3.8) is 0 Å². The van der Waals surface area contributed by atoms with Crippen LogP contribution in [0.15, 0.2) is 42.6 Å². The molecule has 2 amide bonds. The number of morpholine rings is 1. The van der Waals surface area contributed by atoms with Gasteiger partial charge in [-0.2, -0.15) is 0 Å². The molecule has 1 unspecified atom stereocenters. The molecule has 0 aliphatic carbocycles. The topological polar surface area (TPSA) is 64.0 Å². The van der Waals surface area contributed by atoms with Gasteiger partial charge in [0.15, 0.2) is 0 Å². The van der Waals surface area contributed by atoms with Crippen molar-refractivity contribution in [1.29, 1.82) is 0 Å². The molecular formula is C22H26FN3O4. The predicted molar refractivity (Wildman–Crippen MR) is 108 cm³/mol. The first-order chi connectivity index (χ1) is 14.5. The van der Waals surface area contributed by atoms with Gasteiger partial charge in [0.05, 0.1) is 6.54 Å². The molecule has 7 nitrogen and oxygen atoms in total. The normalized spacial score (nSPS) is 20.5. The standard InChI is InChI=1S/C22H26FN3O4/c1-24-10-2-3-20(24)22(28)25-11-8-17(9-12-25)26-13-19(30-15-21(26)27)14-29-18-6-4-16(23)5-7-18/h2-7,10,17,19H,8-9,11-15H2,1H3. The van der Waals surface area contributed by atoms with Crippen LogP contribution in [-0.4, -0.2) is 71.2 Å². The molecule has 2 saturated heterocycles. The highest BCUT2D eigenvalue weighted by Gasteiger charge is 2.35. The summed E-state index contributed by atoms with van der Waals surface area (Å²) in [4.78, 5) is 28.8. The lowest BCUT2D eigenvalue weighted by atomic mass is 10.0. The lowest BCUT2D eigenvalue weighted by Crippen LogP contribution is -2.55. The van der Waals surface area contributed by atoms with E-state index in [-0.39, 0.29) is 36.4 Å². The molecule has 0 saturated carbocycles. The number of benzene rings is 1. The maximum absolute atomic E-state index is 13.0. The lowest BCUT2D eigenvalue weighted by molar-refractivity contribution is -0.155. The van der Waals surface area contributed by atoms with E-state index < -0.39 is 0 Å². The zero-order valence-electron chi connectivity index (χ0n) is 17.0. The van der Waals surface area contributed by atoms with E-state index in [0.717, 1.165) is 12.8 Å². The van der Waals surface area contributed by atoms with E-state index in [1.165, 1.54) is 12.1 Å². The fourth-order valence-corrected chi connectivity index (χ4v) is 4.05. The second-order valence-corrected chi connectivity index (χ2v) is 7.77. The predicted octanol–water partition coefficient (Wildman–Crippen LogP) is 2.08. The molecule has 1 aromatic carbocycles. The quantitative estimate of drug-likeness (QED) is 0.750. The molecule has 2 aromatic rings. The third-order valence-electron chi connectivity index (χ3n) is 5.77. The van der Waals surface area contributed by atoms with E-state index in [1.807, 2.05) is 39.7 Å². The zero-order valence-corrected chi connectivity index (χ0v) is 17.0. The van der Waals surface area contributed by atoms with Crippen LogP contribution in [0.5, 0.6) is 5.75 Å². The number of carbonyl (C=O) groups excluding carboxylic acids is 2. The van der Waals surface area contributed by atoms with Gasteiger partial charge in [-0.15, -0.1) is 0 Å². The molecule has 3 heterocycles. The van der Waals surface area contributed by atoms with E-state index >= 15 is 0 Å². The van der Waals surface area contributed by atoms with Crippen molar-refractivity contribution >= 4 is 11.8 Å². The van der Waals surface area contributed by atoms with Gasteiger partial charge in [-0.05, 0) is 49.2 Å². The monoisotopic (exact) mass is 415 g/mol. The molecule has 160 valence electrons. The maximum atomic E-state index is 13.0. The molecule has 0 spiro atoms. The van der Waals surface area contributed by atoms with E-state index in [9.17, 15) is 14.0 Å². The summed E-state index contributed by atoms with van der Waals surface area (Å²) >= 11 is 0. The summed E-state index contributed by atoms with van der Waals surface area (Å²) in [5.41, 5.74) is 0.675. The maximum Gasteiger partial charge on any atom is 0.270 e. The summed E-state index contributed by atoms with van der Waals surface area (Å²) in [6.07, 6.45) is 3.11. The van der Waals surface area contributed by atoms with Crippen LogP contribution in [0.2, 0.25) is 0 Å². The van der Waals surface area contributed by atoms with Gasteiger partial charge < -0.3 is 23.8 Å². The van der Waals surface area contributed by atoms with Gasteiger partial charge in [0.1, 0.15) is 36.6 Å². The molecule has 0 radical (unpaired) electrons. The Morgan fingerprint density at radius 1 is 1.20 bits per heavy atom. The van der Waals surface area contributed by atoms with E-state index in [2.05, 4.69) is 0 Å². The minimum Gasteiger partial charge on any atom is -0.491 e. The number of aryl methyl sites for hydroxylation is 1. The molecule has 1 aromatic heterocycles. The first-order valence-corrected chi connectivity index (χ1v) is 10.2. The average Bonchev–Trinajstić information content (AvgIpc) is 3.20. The van der Waals surface area contributed by atoms with Crippen LogP contribution in [0.4, 0.5) is 4.39 Å². The number of aromatic nitrogens is 1. The first kappa shape index (κ1) is 20.4. The number of ether oxygens (including phenoxy) is 2. The van der Waals surface area contributed by atoms with E-state index in [4.69, 9.17) is 9.47 Å². The van der Waals surface area contributed by atoms with Crippen molar-refractivity contribution in [1.82, 2.24) is 14.4 Å². The van der Waals surface area contributed by atoms with Crippen LogP contribution in [0.25, 0.3) is 0 Å². The van der Waals surface area contributed by atoms with E-state index in [0.29, 0.717) is 37.7 Å². The fourth-order valence-electron chi connectivity index (χ4n) is 4.05. The molecule has 0 N–H and O–H groups in total. The van der Waals surface area contributed by atoms with Crippen LogP contribution >= 0.6 is 0 Å². The van der Waals surface area contributed by atoms with Crippen molar-refractivity contribution in [3.05, 3.63) is 54.1 Å². The van der Waals surface area contributed by atoms with Crippen LogP contribution in [0.3, 0.4) is 0 Å². The van der Waals surface area contributed by atoms with Crippen LogP contribution in [0.1, 0.15) is 23.3 Å². The smallest absolute Gasteiger partial charge is 0.270 e. The van der Waals surface area contributed by atoms with Crippen LogP contribution in [0, 0.1) is 5.82 Å². The van der Waals surface area contributed by atoms with Crippen molar-refractivity contribution in [2.75, 3.05) is 32.8 Å². The van der Waals surface area contributed by atoms with Gasteiger partial charge in [0.2, 0.25) is 5.91 Å². The van der Waals surface area contributed by atoms with Gasteiger partial charge in [-0.1, -0.05) is 0 Å². The number of hydrogen-bond acceptors (Lipinski definition) is 4. The van der Waals surface area contributed by atoms with Gasteiger partial charge in [-0.25, -0.2) is 4.39 Å². The molecule has 2 aliphatic heterocycles. The van der Waals surface area contributed by atoms with Gasteiger partial charge >= 0.3 is 0 Å². The molecule has 8 heteroatoms. The second kappa shape index (κ2) is 8.87. The van der Waals surface area contributed by atoms with Crippen molar-refractivity contribution in [2.45, 2.75) is 25.0 Å². The Morgan fingerprint density at radius 3 is 2.60 bits per heavy atom. The Bertz CT molecular complexity index is 890. The largest absolute Gasteiger partial charge is 0.491 e. The number of halogens is 1. The van der Waals surface area contributed by atoms with Crippen LogP contribution in [-0.2, 0) is 16.6 Å². The summed E-state index contributed by atoms with van der Waals surface area (Å²) in [7, 11) is 1.86. The molecule has 2 aliphatic rings. The molecule has 2 fully saturated rings. The molecule has 4 rings (SSSR count).